The smallest absolute Gasteiger partial charge is 0.142 e. The molecule has 0 saturated heterocycles. The summed E-state index contributed by atoms with van der Waals surface area (Å²) in [7, 11) is 0. The quantitative estimate of drug-likeness (QED) is 0.620. The molecule has 4 radical (unpaired) electrons. The molecule has 0 aliphatic carbocycles. The van der Waals surface area contributed by atoms with Gasteiger partial charge in [-0.05, 0) is 6.92 Å². The van der Waals surface area contributed by atoms with Crippen molar-refractivity contribution in [2.24, 2.45) is 0 Å². The molecule has 0 aromatic carbocycles. The van der Waals surface area contributed by atoms with Gasteiger partial charge in [-0.3, -0.25) is 4.98 Å². The van der Waals surface area contributed by atoms with E-state index >= 15 is 0 Å². The molecule has 0 spiro atoms. The minimum atomic E-state index is -0.287. The summed E-state index contributed by atoms with van der Waals surface area (Å²) in [6, 6.07) is 0. The molecule has 4 nitrogen and oxygen atoms in total. The summed E-state index contributed by atoms with van der Waals surface area (Å²) in [6.07, 6.45) is 1.45. The minimum Gasteiger partial charge on any atom is -0.506 e. The van der Waals surface area contributed by atoms with E-state index < -0.39 is 0 Å². The summed E-state index contributed by atoms with van der Waals surface area (Å²) in [6.45, 7) is 1.12. The maximum atomic E-state index is 9.38. The van der Waals surface area contributed by atoms with Gasteiger partial charge < -0.3 is 15.3 Å². The van der Waals surface area contributed by atoms with Crippen LogP contribution in [0.5, 0.6) is 5.75 Å². The van der Waals surface area contributed by atoms with Crippen LogP contribution in [0.4, 0.5) is 0 Å². The van der Waals surface area contributed by atoms with Gasteiger partial charge in [0.15, 0.2) is 0 Å². The van der Waals surface area contributed by atoms with Gasteiger partial charge in [0.25, 0.3) is 0 Å². The Balaban J connectivity index is 0.00000144. The van der Waals surface area contributed by atoms with E-state index in [1.165, 1.54) is 6.20 Å². The number of rotatable bonds is 2. The van der Waals surface area contributed by atoms with Crippen LogP contribution in [0.15, 0.2) is 6.20 Å². The third-order valence-electron chi connectivity index (χ3n) is 1.76. The second kappa shape index (κ2) is 5.51. The van der Waals surface area contributed by atoms with E-state index in [0.29, 0.717) is 16.8 Å². The summed E-state index contributed by atoms with van der Waals surface area (Å²) >= 11 is 0. The standard InChI is InChI=1S/C8H11NO3.Pb/c1-5-8(12)7(4-11)6(3-10)2-9-5;/h2,10-12H,3-4H2,1H3;. The maximum Gasteiger partial charge on any atom is 0.142 e. The van der Waals surface area contributed by atoms with Crippen LogP contribution in [0.1, 0.15) is 16.8 Å². The summed E-state index contributed by atoms with van der Waals surface area (Å²) < 4.78 is 0. The molecule has 13 heavy (non-hydrogen) atoms. The predicted octanol–water partition coefficient (Wildman–Crippen LogP) is -0.301. The van der Waals surface area contributed by atoms with Gasteiger partial charge in [-0.1, -0.05) is 0 Å². The van der Waals surface area contributed by atoms with Crippen molar-refractivity contribution in [3.05, 3.63) is 23.0 Å². The maximum absolute atomic E-state index is 9.38. The van der Waals surface area contributed by atoms with Crippen LogP contribution in [-0.2, 0) is 13.2 Å². The van der Waals surface area contributed by atoms with Gasteiger partial charge in [-0.15, -0.1) is 0 Å². The fraction of sp³-hybridized carbons (Fsp3) is 0.375. The molecule has 0 atom stereocenters. The van der Waals surface area contributed by atoms with E-state index in [2.05, 4.69) is 4.98 Å². The Morgan fingerprint density at radius 3 is 2.38 bits per heavy atom. The van der Waals surface area contributed by atoms with Crippen molar-refractivity contribution in [2.45, 2.75) is 20.1 Å². The van der Waals surface area contributed by atoms with Crippen LogP contribution in [-0.4, -0.2) is 47.6 Å². The van der Waals surface area contributed by atoms with Crippen molar-refractivity contribution < 1.29 is 15.3 Å². The van der Waals surface area contributed by atoms with Crippen LogP contribution in [0.2, 0.25) is 0 Å². The number of hydrogen-bond donors (Lipinski definition) is 3. The summed E-state index contributed by atoms with van der Waals surface area (Å²) in [5.41, 5.74) is 1.27. The Hall–Kier alpha value is -0.208. The number of nitrogens with zero attached hydrogens (tertiary/aromatic N) is 1. The van der Waals surface area contributed by atoms with Crippen molar-refractivity contribution in [3.63, 3.8) is 0 Å². The SMILES string of the molecule is Cc1ncc(CO)c(CO)c1O.[Pb]. The third kappa shape index (κ3) is 2.62. The Morgan fingerprint density at radius 2 is 1.92 bits per heavy atom. The molecule has 3 N–H and O–H groups in total. The van der Waals surface area contributed by atoms with E-state index in [-0.39, 0.29) is 46.3 Å². The zero-order valence-electron chi connectivity index (χ0n) is 7.28. The molecule has 5 heteroatoms. The molecular weight excluding hydrogens is 365 g/mol. The molecule has 0 aliphatic rings. The summed E-state index contributed by atoms with van der Waals surface area (Å²) in [5.74, 6) is -0.0379. The molecule has 0 aliphatic heterocycles. The molecule has 0 amide bonds. The fourth-order valence-electron chi connectivity index (χ4n) is 0.997. The van der Waals surface area contributed by atoms with Gasteiger partial charge in [0.2, 0.25) is 0 Å². The van der Waals surface area contributed by atoms with Crippen LogP contribution >= 0.6 is 0 Å². The number of aromatic nitrogens is 1. The van der Waals surface area contributed by atoms with E-state index in [0.717, 1.165) is 0 Å². The van der Waals surface area contributed by atoms with Gasteiger partial charge in [-0.2, -0.15) is 0 Å². The summed E-state index contributed by atoms with van der Waals surface area (Å²) in [4.78, 5) is 3.84. The number of aliphatic hydroxyl groups excluding tert-OH is 2. The first kappa shape index (κ1) is 12.8. The first-order valence-corrected chi connectivity index (χ1v) is 3.58. The van der Waals surface area contributed by atoms with Gasteiger partial charge >= 0.3 is 0 Å². The molecule has 0 unspecified atom stereocenters. The number of aromatic hydroxyl groups is 1. The van der Waals surface area contributed by atoms with Crippen molar-refractivity contribution in [1.29, 1.82) is 0 Å². The average molecular weight is 376 g/mol. The van der Waals surface area contributed by atoms with Crippen molar-refractivity contribution >= 4 is 27.3 Å². The molecule has 1 aromatic rings. The molecule has 0 bridgehead atoms. The average Bonchev–Trinajstić information content (AvgIpc) is 2.09. The first-order chi connectivity index (χ1) is 5.70. The second-order valence-corrected chi connectivity index (χ2v) is 2.51. The van der Waals surface area contributed by atoms with E-state index in [1.807, 2.05) is 0 Å². The molecular formula is C8H11NO3Pb. The number of pyridine rings is 1. The third-order valence-corrected chi connectivity index (χ3v) is 1.76. The summed E-state index contributed by atoms with van der Waals surface area (Å²) in [5, 5.41) is 27.0. The van der Waals surface area contributed by atoms with Crippen LogP contribution < -0.4 is 0 Å². The molecule has 0 saturated carbocycles. The van der Waals surface area contributed by atoms with Gasteiger partial charge in [0.05, 0.1) is 18.9 Å². The second-order valence-electron chi connectivity index (χ2n) is 2.51. The fourth-order valence-corrected chi connectivity index (χ4v) is 0.997. The van der Waals surface area contributed by atoms with E-state index in [1.54, 1.807) is 6.92 Å². The Bertz CT molecular complexity index is 291. The molecule has 70 valence electrons. The first-order valence-electron chi connectivity index (χ1n) is 3.58. The van der Waals surface area contributed by atoms with Crippen molar-refractivity contribution in [2.75, 3.05) is 0 Å². The normalized spacial score (nSPS) is 9.46. The monoisotopic (exact) mass is 377 g/mol. The molecule has 0 fully saturated rings. The molecule has 1 aromatic heterocycles. The van der Waals surface area contributed by atoms with Crippen LogP contribution in [0, 0.1) is 6.92 Å². The number of hydrogen-bond acceptors (Lipinski definition) is 4. The largest absolute Gasteiger partial charge is 0.506 e. The van der Waals surface area contributed by atoms with Crippen molar-refractivity contribution in [1.82, 2.24) is 4.98 Å². The van der Waals surface area contributed by atoms with Gasteiger partial charge in [0.1, 0.15) is 5.75 Å². The topological polar surface area (TPSA) is 73.6 Å². The number of aryl methyl sites for hydroxylation is 1. The Labute approximate surface area is 96.4 Å². The molecule has 1 heterocycles. The molecule has 1 rings (SSSR count). The van der Waals surface area contributed by atoms with E-state index in [9.17, 15) is 5.11 Å². The van der Waals surface area contributed by atoms with E-state index in [4.69, 9.17) is 10.2 Å². The van der Waals surface area contributed by atoms with Crippen LogP contribution in [0.3, 0.4) is 0 Å². The van der Waals surface area contributed by atoms with Crippen molar-refractivity contribution in [3.8, 4) is 5.75 Å². The Morgan fingerprint density at radius 1 is 1.31 bits per heavy atom. The Kier molecular flexibility index (Phi) is 5.42. The van der Waals surface area contributed by atoms with Gasteiger partial charge in [0, 0.05) is 44.6 Å². The zero-order chi connectivity index (χ0) is 9.14. The number of aliphatic hydroxyl groups is 2. The van der Waals surface area contributed by atoms with Gasteiger partial charge in [-0.25, -0.2) is 0 Å². The minimum absolute atomic E-state index is 0. The predicted molar refractivity (Wildman–Crippen MR) is 48.2 cm³/mol. The zero-order valence-corrected chi connectivity index (χ0v) is 11.2. The van der Waals surface area contributed by atoms with Crippen LogP contribution in [0.25, 0.3) is 0 Å².